The van der Waals surface area contributed by atoms with E-state index in [1.807, 2.05) is 0 Å². The lowest BCUT2D eigenvalue weighted by Gasteiger charge is -2.23. The van der Waals surface area contributed by atoms with E-state index in [0.717, 1.165) is 6.42 Å². The van der Waals surface area contributed by atoms with Crippen LogP contribution in [-0.2, 0) is 4.74 Å². The van der Waals surface area contributed by atoms with Gasteiger partial charge in [0.2, 0.25) is 0 Å². The van der Waals surface area contributed by atoms with Crippen molar-refractivity contribution in [2.75, 3.05) is 6.61 Å². The third kappa shape index (κ3) is 1.80. The van der Waals surface area contributed by atoms with Crippen molar-refractivity contribution in [1.29, 1.82) is 0 Å². The van der Waals surface area contributed by atoms with Gasteiger partial charge in [-0.1, -0.05) is 6.08 Å². The molecule has 0 aromatic carbocycles. The normalized spacial score (nSPS) is 36.1. The molecule has 1 aliphatic rings. The zero-order valence-corrected chi connectivity index (χ0v) is 5.42. The summed E-state index contributed by atoms with van der Waals surface area (Å²) in [5, 5.41) is 9.08. The summed E-state index contributed by atoms with van der Waals surface area (Å²) in [5.74, 6) is 0. The highest BCUT2D eigenvalue weighted by atomic mass is 16.5. The van der Waals surface area contributed by atoms with E-state index in [0.29, 0.717) is 13.0 Å². The van der Waals surface area contributed by atoms with Crippen LogP contribution in [-0.4, -0.2) is 23.9 Å². The fourth-order valence-electron chi connectivity index (χ4n) is 0.974. The van der Waals surface area contributed by atoms with Crippen LogP contribution in [0.15, 0.2) is 12.7 Å². The summed E-state index contributed by atoms with van der Waals surface area (Å²) in [7, 11) is 0. The summed E-state index contributed by atoms with van der Waals surface area (Å²) in [6, 6.07) is 0. The highest BCUT2D eigenvalue weighted by molar-refractivity contribution is 4.84. The summed E-state index contributed by atoms with van der Waals surface area (Å²) in [6.45, 7) is 4.25. The second-order valence-electron chi connectivity index (χ2n) is 2.32. The predicted molar refractivity (Wildman–Crippen MR) is 35.2 cm³/mol. The Morgan fingerprint density at radius 1 is 1.67 bits per heavy atom. The van der Waals surface area contributed by atoms with E-state index < -0.39 is 0 Å². The number of hydrogen-bond donors (Lipinski definition) is 1. The van der Waals surface area contributed by atoms with Crippen molar-refractivity contribution in [3.63, 3.8) is 0 Å². The summed E-state index contributed by atoms with van der Waals surface area (Å²) in [5.41, 5.74) is 0. The molecule has 1 rings (SSSR count). The Kier molecular flexibility index (Phi) is 2.25. The lowest BCUT2D eigenvalue weighted by molar-refractivity contribution is -0.0208. The Morgan fingerprint density at radius 2 is 2.44 bits per heavy atom. The third-order valence-corrected chi connectivity index (χ3v) is 1.55. The van der Waals surface area contributed by atoms with Crippen molar-refractivity contribution in [1.82, 2.24) is 0 Å². The number of ether oxygens (including phenoxy) is 1. The molecule has 1 saturated heterocycles. The van der Waals surface area contributed by atoms with E-state index in [2.05, 4.69) is 6.58 Å². The topological polar surface area (TPSA) is 29.5 Å². The van der Waals surface area contributed by atoms with Crippen molar-refractivity contribution in [2.45, 2.75) is 25.0 Å². The van der Waals surface area contributed by atoms with Gasteiger partial charge in [-0.2, -0.15) is 0 Å². The van der Waals surface area contributed by atoms with E-state index in [-0.39, 0.29) is 12.2 Å². The van der Waals surface area contributed by atoms with E-state index in [4.69, 9.17) is 9.84 Å². The van der Waals surface area contributed by atoms with Gasteiger partial charge in [0.25, 0.3) is 0 Å². The molecule has 0 amide bonds. The number of aliphatic hydroxyl groups is 1. The Bertz CT molecular complexity index is 101. The molecule has 9 heavy (non-hydrogen) atoms. The Labute approximate surface area is 55.1 Å². The molecule has 1 fully saturated rings. The first kappa shape index (κ1) is 6.78. The zero-order valence-electron chi connectivity index (χ0n) is 5.42. The fraction of sp³-hybridized carbons (Fsp3) is 0.714. The third-order valence-electron chi connectivity index (χ3n) is 1.55. The van der Waals surface area contributed by atoms with E-state index in [9.17, 15) is 0 Å². The SMILES string of the molecule is C=CC1CC(O)CCO1. The number of rotatable bonds is 1. The summed E-state index contributed by atoms with van der Waals surface area (Å²) >= 11 is 0. The molecular formula is C7H12O2. The second kappa shape index (κ2) is 2.99. The Hall–Kier alpha value is -0.340. The van der Waals surface area contributed by atoms with Crippen LogP contribution in [0, 0.1) is 0 Å². The fourth-order valence-corrected chi connectivity index (χ4v) is 0.974. The first-order valence-corrected chi connectivity index (χ1v) is 3.25. The van der Waals surface area contributed by atoms with Crippen LogP contribution in [0.5, 0.6) is 0 Å². The van der Waals surface area contributed by atoms with Gasteiger partial charge < -0.3 is 9.84 Å². The highest BCUT2D eigenvalue weighted by Crippen LogP contribution is 2.13. The van der Waals surface area contributed by atoms with Gasteiger partial charge in [0, 0.05) is 13.0 Å². The maximum Gasteiger partial charge on any atom is 0.0777 e. The number of hydrogen-bond acceptors (Lipinski definition) is 2. The van der Waals surface area contributed by atoms with Crippen molar-refractivity contribution in [3.8, 4) is 0 Å². The molecule has 52 valence electrons. The lowest BCUT2D eigenvalue weighted by atomic mass is 10.1. The minimum atomic E-state index is -0.179. The van der Waals surface area contributed by atoms with Crippen LogP contribution in [0.3, 0.4) is 0 Å². The quantitative estimate of drug-likeness (QED) is 0.527. The molecule has 0 bridgehead atoms. The van der Waals surface area contributed by atoms with Crippen molar-refractivity contribution in [2.24, 2.45) is 0 Å². The molecule has 2 nitrogen and oxygen atoms in total. The van der Waals surface area contributed by atoms with Crippen LogP contribution in [0.25, 0.3) is 0 Å². The summed E-state index contributed by atoms with van der Waals surface area (Å²) < 4.78 is 5.22. The molecule has 0 aliphatic carbocycles. The van der Waals surface area contributed by atoms with Gasteiger partial charge in [-0.25, -0.2) is 0 Å². The largest absolute Gasteiger partial charge is 0.393 e. The molecule has 0 spiro atoms. The van der Waals surface area contributed by atoms with Crippen molar-refractivity contribution >= 4 is 0 Å². The maximum atomic E-state index is 9.08. The minimum Gasteiger partial charge on any atom is -0.393 e. The highest BCUT2D eigenvalue weighted by Gasteiger charge is 2.17. The van der Waals surface area contributed by atoms with E-state index in [1.165, 1.54) is 0 Å². The first-order valence-electron chi connectivity index (χ1n) is 3.25. The molecule has 1 heterocycles. The van der Waals surface area contributed by atoms with Gasteiger partial charge in [0.15, 0.2) is 0 Å². The molecule has 0 aromatic heterocycles. The van der Waals surface area contributed by atoms with Gasteiger partial charge in [-0.15, -0.1) is 6.58 Å². The smallest absolute Gasteiger partial charge is 0.0777 e. The van der Waals surface area contributed by atoms with Gasteiger partial charge in [0.1, 0.15) is 0 Å². The standard InChI is InChI=1S/C7H12O2/c1-2-7-5-6(8)3-4-9-7/h2,6-8H,1,3-5H2. The monoisotopic (exact) mass is 128 g/mol. The summed E-state index contributed by atoms with van der Waals surface area (Å²) in [4.78, 5) is 0. The van der Waals surface area contributed by atoms with Crippen LogP contribution in [0.1, 0.15) is 12.8 Å². The van der Waals surface area contributed by atoms with Gasteiger partial charge in [-0.05, 0) is 6.42 Å². The first-order chi connectivity index (χ1) is 4.33. The van der Waals surface area contributed by atoms with Gasteiger partial charge in [-0.3, -0.25) is 0 Å². The Balaban J connectivity index is 2.31. The van der Waals surface area contributed by atoms with Crippen molar-refractivity contribution in [3.05, 3.63) is 12.7 Å². The van der Waals surface area contributed by atoms with E-state index >= 15 is 0 Å². The van der Waals surface area contributed by atoms with Crippen molar-refractivity contribution < 1.29 is 9.84 Å². The average Bonchev–Trinajstić information content (AvgIpc) is 1.88. The minimum absolute atomic E-state index is 0.0775. The van der Waals surface area contributed by atoms with Crippen LogP contribution in [0.2, 0.25) is 0 Å². The van der Waals surface area contributed by atoms with Crippen LogP contribution < -0.4 is 0 Å². The van der Waals surface area contributed by atoms with E-state index in [1.54, 1.807) is 6.08 Å². The molecule has 1 N–H and O–H groups in total. The predicted octanol–water partition coefficient (Wildman–Crippen LogP) is 0.712. The molecule has 2 unspecified atom stereocenters. The zero-order chi connectivity index (χ0) is 6.69. The summed E-state index contributed by atoms with van der Waals surface area (Å²) in [6.07, 6.45) is 3.12. The molecule has 0 radical (unpaired) electrons. The molecule has 2 heteroatoms. The van der Waals surface area contributed by atoms with Crippen LogP contribution in [0.4, 0.5) is 0 Å². The molecule has 0 saturated carbocycles. The van der Waals surface area contributed by atoms with Crippen LogP contribution >= 0.6 is 0 Å². The second-order valence-corrected chi connectivity index (χ2v) is 2.32. The van der Waals surface area contributed by atoms with Gasteiger partial charge >= 0.3 is 0 Å². The molecule has 1 aliphatic heterocycles. The molecule has 2 atom stereocenters. The number of aliphatic hydroxyl groups excluding tert-OH is 1. The Morgan fingerprint density at radius 3 is 2.89 bits per heavy atom. The maximum absolute atomic E-state index is 9.08. The lowest BCUT2D eigenvalue weighted by Crippen LogP contribution is -2.26. The van der Waals surface area contributed by atoms with Gasteiger partial charge in [0.05, 0.1) is 12.2 Å². The average molecular weight is 128 g/mol. The molecular weight excluding hydrogens is 116 g/mol. The molecule has 0 aromatic rings.